The number of aromatic amines is 1. The van der Waals surface area contributed by atoms with Gasteiger partial charge in [-0.25, -0.2) is 15.0 Å². The van der Waals surface area contributed by atoms with Gasteiger partial charge in [0.05, 0.1) is 24.0 Å². The molecule has 7 heteroatoms. The van der Waals surface area contributed by atoms with E-state index in [2.05, 4.69) is 29.8 Å². The smallest absolute Gasteiger partial charge is 0.226 e. The lowest BCUT2D eigenvalue weighted by molar-refractivity contribution is 0.118. The second kappa shape index (κ2) is 6.84. The van der Waals surface area contributed by atoms with E-state index in [0.29, 0.717) is 0 Å². The van der Waals surface area contributed by atoms with E-state index in [-0.39, 0.29) is 12.1 Å². The van der Waals surface area contributed by atoms with Crippen LogP contribution in [0, 0.1) is 13.8 Å². The molecule has 0 aromatic carbocycles. The molecule has 0 spiro atoms. The molecule has 0 unspecified atom stereocenters. The van der Waals surface area contributed by atoms with E-state index in [1.165, 1.54) is 0 Å². The van der Waals surface area contributed by atoms with Crippen LogP contribution in [-0.2, 0) is 4.74 Å². The largest absolute Gasteiger partial charge is 0.380 e. The maximum absolute atomic E-state index is 5.61. The van der Waals surface area contributed by atoms with Crippen LogP contribution >= 0.6 is 0 Å². The SMILES string of the molecule is CO[C@@H]1C[C@@H](c2ncc(-c3cccnc3)[nH]2)N(c2ncc(C)c(C)n2)C1. The number of aryl methyl sites for hydroxylation is 2. The highest BCUT2D eigenvalue weighted by Crippen LogP contribution is 2.35. The maximum Gasteiger partial charge on any atom is 0.226 e. The topological polar surface area (TPSA) is 79.8 Å². The third-order valence-corrected chi connectivity index (χ3v) is 4.95. The zero-order valence-corrected chi connectivity index (χ0v) is 15.2. The minimum absolute atomic E-state index is 0.0486. The molecule has 0 radical (unpaired) electrons. The normalized spacial score (nSPS) is 19.9. The van der Waals surface area contributed by atoms with Gasteiger partial charge in [-0.05, 0) is 31.5 Å². The number of hydrogen-bond donors (Lipinski definition) is 1. The van der Waals surface area contributed by atoms with Gasteiger partial charge in [-0.2, -0.15) is 0 Å². The van der Waals surface area contributed by atoms with Gasteiger partial charge in [0.2, 0.25) is 5.95 Å². The lowest BCUT2D eigenvalue weighted by Gasteiger charge is -2.23. The van der Waals surface area contributed by atoms with Gasteiger partial charge in [-0.1, -0.05) is 0 Å². The summed E-state index contributed by atoms with van der Waals surface area (Å²) in [7, 11) is 1.75. The second-order valence-corrected chi connectivity index (χ2v) is 6.62. The van der Waals surface area contributed by atoms with E-state index >= 15 is 0 Å². The number of rotatable bonds is 4. The van der Waals surface area contributed by atoms with Crippen molar-refractivity contribution in [3.8, 4) is 11.3 Å². The number of H-pyrrole nitrogens is 1. The molecule has 2 atom stereocenters. The van der Waals surface area contributed by atoms with E-state index in [0.717, 1.165) is 47.3 Å². The molecule has 1 aliphatic rings. The van der Waals surface area contributed by atoms with E-state index in [1.54, 1.807) is 13.3 Å². The predicted octanol–water partition coefficient (Wildman–Crippen LogP) is 2.84. The molecular formula is C19H22N6O. The van der Waals surface area contributed by atoms with Gasteiger partial charge in [0.1, 0.15) is 5.82 Å². The Labute approximate surface area is 152 Å². The standard InChI is InChI=1S/C19H22N6O/c1-12-8-22-19(23-13(12)2)25-11-15(26-3)7-17(25)18-21-10-16(24-18)14-5-4-6-20-9-14/h4-6,8-10,15,17H,7,11H2,1-3H3,(H,21,24)/t15-,17+/m1/s1. The number of nitrogens with zero attached hydrogens (tertiary/aromatic N) is 5. The highest BCUT2D eigenvalue weighted by Gasteiger charge is 2.36. The third-order valence-electron chi connectivity index (χ3n) is 4.95. The Bertz CT molecular complexity index is 894. The Hall–Kier alpha value is -2.80. The average molecular weight is 350 g/mol. The van der Waals surface area contributed by atoms with Crippen molar-refractivity contribution in [1.29, 1.82) is 0 Å². The van der Waals surface area contributed by atoms with Crippen LogP contribution in [0.5, 0.6) is 0 Å². The maximum atomic E-state index is 5.61. The van der Waals surface area contributed by atoms with E-state index in [9.17, 15) is 0 Å². The Morgan fingerprint density at radius 1 is 1.19 bits per heavy atom. The zero-order chi connectivity index (χ0) is 18.1. The molecule has 0 saturated carbocycles. The second-order valence-electron chi connectivity index (χ2n) is 6.62. The van der Waals surface area contributed by atoms with Crippen molar-refractivity contribution < 1.29 is 4.74 Å². The minimum Gasteiger partial charge on any atom is -0.380 e. The fourth-order valence-corrected chi connectivity index (χ4v) is 3.28. The fraction of sp³-hybridized carbons (Fsp3) is 0.368. The molecule has 1 aliphatic heterocycles. The number of aromatic nitrogens is 5. The Kier molecular flexibility index (Phi) is 4.38. The van der Waals surface area contributed by atoms with Crippen LogP contribution in [0.1, 0.15) is 29.5 Å². The van der Waals surface area contributed by atoms with Crippen molar-refractivity contribution in [2.75, 3.05) is 18.6 Å². The lowest BCUT2D eigenvalue weighted by Crippen LogP contribution is -2.27. The summed E-state index contributed by atoms with van der Waals surface area (Å²) in [6.45, 7) is 4.77. The number of ether oxygens (including phenoxy) is 1. The van der Waals surface area contributed by atoms with Crippen LogP contribution in [0.4, 0.5) is 5.95 Å². The number of nitrogens with one attached hydrogen (secondary N) is 1. The molecule has 1 fully saturated rings. The number of anilines is 1. The molecular weight excluding hydrogens is 328 g/mol. The van der Waals surface area contributed by atoms with E-state index in [1.807, 2.05) is 44.6 Å². The van der Waals surface area contributed by atoms with Crippen molar-refractivity contribution in [1.82, 2.24) is 24.9 Å². The number of methoxy groups -OCH3 is 1. The van der Waals surface area contributed by atoms with Crippen molar-refractivity contribution >= 4 is 5.95 Å². The van der Waals surface area contributed by atoms with Gasteiger partial charge in [0.15, 0.2) is 0 Å². The summed E-state index contributed by atoms with van der Waals surface area (Å²) in [5, 5.41) is 0. The Morgan fingerprint density at radius 2 is 2.08 bits per heavy atom. The third kappa shape index (κ3) is 3.06. The van der Waals surface area contributed by atoms with Crippen molar-refractivity contribution in [3.63, 3.8) is 0 Å². The molecule has 7 nitrogen and oxygen atoms in total. The van der Waals surface area contributed by atoms with Crippen molar-refractivity contribution in [3.05, 3.63) is 54.0 Å². The van der Waals surface area contributed by atoms with E-state index in [4.69, 9.17) is 4.74 Å². The molecule has 1 N–H and O–H groups in total. The summed E-state index contributed by atoms with van der Waals surface area (Å²) in [5.41, 5.74) is 4.05. The summed E-state index contributed by atoms with van der Waals surface area (Å²) >= 11 is 0. The monoisotopic (exact) mass is 350 g/mol. The molecule has 3 aromatic rings. The quantitative estimate of drug-likeness (QED) is 0.779. The molecule has 3 aromatic heterocycles. The molecule has 0 aliphatic carbocycles. The summed E-state index contributed by atoms with van der Waals surface area (Å²) in [5.74, 6) is 1.61. The molecule has 0 bridgehead atoms. The van der Waals surface area contributed by atoms with Crippen LogP contribution in [0.25, 0.3) is 11.3 Å². The summed E-state index contributed by atoms with van der Waals surface area (Å²) < 4.78 is 5.61. The first-order valence-corrected chi connectivity index (χ1v) is 8.70. The van der Waals surface area contributed by atoms with Crippen LogP contribution in [0.3, 0.4) is 0 Å². The highest BCUT2D eigenvalue weighted by atomic mass is 16.5. The average Bonchev–Trinajstić information content (AvgIpc) is 3.31. The van der Waals surface area contributed by atoms with Crippen LogP contribution in [-0.4, -0.2) is 44.7 Å². The van der Waals surface area contributed by atoms with Gasteiger partial charge in [0, 0.05) is 49.9 Å². The van der Waals surface area contributed by atoms with Crippen molar-refractivity contribution in [2.45, 2.75) is 32.4 Å². The first-order valence-electron chi connectivity index (χ1n) is 8.70. The molecule has 134 valence electrons. The summed E-state index contributed by atoms with van der Waals surface area (Å²) in [4.78, 5) is 23.6. The van der Waals surface area contributed by atoms with Crippen molar-refractivity contribution in [2.24, 2.45) is 0 Å². The zero-order valence-electron chi connectivity index (χ0n) is 15.2. The molecule has 4 rings (SSSR count). The highest BCUT2D eigenvalue weighted by molar-refractivity contribution is 5.57. The van der Waals surface area contributed by atoms with Gasteiger partial charge in [-0.15, -0.1) is 0 Å². The molecule has 0 amide bonds. The fourth-order valence-electron chi connectivity index (χ4n) is 3.28. The Balaban J connectivity index is 1.67. The van der Waals surface area contributed by atoms with Gasteiger partial charge >= 0.3 is 0 Å². The van der Waals surface area contributed by atoms with Crippen LogP contribution in [0.2, 0.25) is 0 Å². The van der Waals surface area contributed by atoms with Gasteiger partial charge < -0.3 is 14.6 Å². The number of imidazole rings is 1. The predicted molar refractivity (Wildman–Crippen MR) is 98.8 cm³/mol. The Morgan fingerprint density at radius 3 is 2.81 bits per heavy atom. The van der Waals surface area contributed by atoms with Crippen LogP contribution in [0.15, 0.2) is 36.9 Å². The summed E-state index contributed by atoms with van der Waals surface area (Å²) in [6.07, 6.45) is 8.28. The summed E-state index contributed by atoms with van der Waals surface area (Å²) in [6, 6.07) is 3.98. The van der Waals surface area contributed by atoms with Crippen LogP contribution < -0.4 is 4.90 Å². The molecule has 4 heterocycles. The minimum atomic E-state index is 0.0486. The lowest BCUT2D eigenvalue weighted by atomic mass is 10.2. The first kappa shape index (κ1) is 16.7. The van der Waals surface area contributed by atoms with Gasteiger partial charge in [0.25, 0.3) is 0 Å². The van der Waals surface area contributed by atoms with Gasteiger partial charge in [-0.3, -0.25) is 4.98 Å². The van der Waals surface area contributed by atoms with E-state index < -0.39 is 0 Å². The molecule has 26 heavy (non-hydrogen) atoms. The number of pyridine rings is 1. The number of hydrogen-bond acceptors (Lipinski definition) is 6. The first-order chi connectivity index (χ1) is 12.7. The molecule has 1 saturated heterocycles.